The van der Waals surface area contributed by atoms with Crippen molar-refractivity contribution in [3.8, 4) is 0 Å². The van der Waals surface area contributed by atoms with Crippen LogP contribution >= 0.6 is 0 Å². The first-order chi connectivity index (χ1) is 12.6. The summed E-state index contributed by atoms with van der Waals surface area (Å²) in [5.41, 5.74) is 0.152. The summed E-state index contributed by atoms with van der Waals surface area (Å²) < 4.78 is 13.9. The van der Waals surface area contributed by atoms with Gasteiger partial charge in [0, 0.05) is 31.5 Å². The first kappa shape index (κ1) is 16.4. The fourth-order valence-electron chi connectivity index (χ4n) is 3.90. The smallest absolute Gasteiger partial charge is 0.257 e. The second-order valence-corrected chi connectivity index (χ2v) is 6.51. The molecule has 2 amide bonds. The number of H-pyrrole nitrogens is 1. The molecule has 4 rings (SSSR count). The van der Waals surface area contributed by atoms with Gasteiger partial charge in [-0.25, -0.2) is 4.39 Å². The Hall–Kier alpha value is -3.03. The Morgan fingerprint density at radius 3 is 2.38 bits per heavy atom. The van der Waals surface area contributed by atoms with Crippen LogP contribution in [-0.4, -0.2) is 56.8 Å². The van der Waals surface area contributed by atoms with E-state index < -0.39 is 5.82 Å². The van der Waals surface area contributed by atoms with Gasteiger partial charge in [-0.3, -0.25) is 19.4 Å². The largest absolute Gasteiger partial charge is 0.333 e. The molecule has 8 heteroatoms. The minimum absolute atomic E-state index is 0.00561. The Morgan fingerprint density at radius 1 is 1.08 bits per heavy atom. The van der Waals surface area contributed by atoms with Gasteiger partial charge in [-0.05, 0) is 25.0 Å². The summed E-state index contributed by atoms with van der Waals surface area (Å²) >= 11 is 0. The third-order valence-corrected chi connectivity index (χ3v) is 5.13. The van der Waals surface area contributed by atoms with Gasteiger partial charge in [0.15, 0.2) is 5.82 Å². The van der Waals surface area contributed by atoms with Gasteiger partial charge in [0.25, 0.3) is 11.8 Å². The van der Waals surface area contributed by atoms with Crippen molar-refractivity contribution in [2.24, 2.45) is 0 Å². The van der Waals surface area contributed by atoms with Crippen molar-refractivity contribution in [3.63, 3.8) is 0 Å². The van der Waals surface area contributed by atoms with Crippen molar-refractivity contribution in [2.75, 3.05) is 13.1 Å². The predicted molar refractivity (Wildman–Crippen MR) is 90.1 cm³/mol. The number of halogens is 1. The first-order valence-electron chi connectivity index (χ1n) is 8.46. The van der Waals surface area contributed by atoms with Crippen LogP contribution in [0.1, 0.15) is 33.6 Å². The lowest BCUT2D eigenvalue weighted by Crippen LogP contribution is -2.41. The summed E-state index contributed by atoms with van der Waals surface area (Å²) in [5.74, 6) is -1.17. The minimum Gasteiger partial charge on any atom is -0.333 e. The maximum atomic E-state index is 13.9. The fraction of sp³-hybridized carbons (Fsp3) is 0.333. The summed E-state index contributed by atoms with van der Waals surface area (Å²) in [4.78, 5) is 46.2. The predicted octanol–water partition coefficient (Wildman–Crippen LogP) is 1.04. The topological polar surface area (TPSA) is 86.4 Å². The van der Waals surface area contributed by atoms with Gasteiger partial charge in [-0.2, -0.15) is 0 Å². The number of amides is 2. The van der Waals surface area contributed by atoms with E-state index in [1.807, 2.05) is 0 Å². The van der Waals surface area contributed by atoms with Crippen LogP contribution in [0.25, 0.3) is 0 Å². The molecular formula is C18H17FN4O3. The standard InChI is InChI=1S/C18H17FN4O3/c19-13-10-20-6-3-12(13)18(26)23-8-5-14-15(23)4-7-22(14)17(25)11-1-2-16(24)21-9-11/h1-3,6,9-10,14-15H,4-5,7-8H2,(H,21,24)/t14-,15-/m0/s1. The lowest BCUT2D eigenvalue weighted by Gasteiger charge is -2.25. The molecule has 4 heterocycles. The molecule has 0 radical (unpaired) electrons. The summed E-state index contributed by atoms with van der Waals surface area (Å²) in [5, 5.41) is 0. The summed E-state index contributed by atoms with van der Waals surface area (Å²) in [6.07, 6.45) is 5.13. The molecule has 2 aromatic rings. The molecule has 134 valence electrons. The summed E-state index contributed by atoms with van der Waals surface area (Å²) in [6, 6.07) is 3.98. The van der Waals surface area contributed by atoms with Crippen LogP contribution in [0.5, 0.6) is 0 Å². The molecule has 26 heavy (non-hydrogen) atoms. The number of rotatable bonds is 2. The molecule has 2 fully saturated rings. The number of fused-ring (bicyclic) bond motifs is 1. The molecule has 2 aliphatic rings. The van der Waals surface area contributed by atoms with Gasteiger partial charge in [-0.15, -0.1) is 0 Å². The number of aromatic nitrogens is 2. The van der Waals surface area contributed by atoms with Crippen LogP contribution in [0, 0.1) is 5.82 Å². The molecule has 2 aliphatic heterocycles. The molecule has 0 spiro atoms. The highest BCUT2D eigenvalue weighted by molar-refractivity contribution is 5.96. The normalized spacial score (nSPS) is 21.7. The maximum Gasteiger partial charge on any atom is 0.257 e. The molecule has 0 aromatic carbocycles. The van der Waals surface area contributed by atoms with Crippen LogP contribution < -0.4 is 5.56 Å². The number of likely N-dealkylation sites (tertiary alicyclic amines) is 2. The van der Waals surface area contributed by atoms with E-state index in [1.54, 1.807) is 9.80 Å². The van der Waals surface area contributed by atoms with Crippen LogP contribution in [0.2, 0.25) is 0 Å². The highest BCUT2D eigenvalue weighted by atomic mass is 19.1. The van der Waals surface area contributed by atoms with Gasteiger partial charge < -0.3 is 14.8 Å². The summed E-state index contributed by atoms with van der Waals surface area (Å²) in [7, 11) is 0. The third kappa shape index (κ3) is 2.67. The molecule has 2 aromatic heterocycles. The van der Waals surface area contributed by atoms with Crippen molar-refractivity contribution in [3.05, 3.63) is 64.1 Å². The second-order valence-electron chi connectivity index (χ2n) is 6.51. The van der Waals surface area contributed by atoms with Crippen molar-refractivity contribution in [2.45, 2.75) is 24.9 Å². The zero-order valence-corrected chi connectivity index (χ0v) is 13.9. The highest BCUT2D eigenvalue weighted by Crippen LogP contribution is 2.33. The number of carbonyl (C=O) groups excluding carboxylic acids is 2. The lowest BCUT2D eigenvalue weighted by molar-refractivity contribution is 0.0688. The van der Waals surface area contributed by atoms with E-state index in [9.17, 15) is 18.8 Å². The van der Waals surface area contributed by atoms with Crippen LogP contribution in [0.15, 0.2) is 41.6 Å². The van der Waals surface area contributed by atoms with E-state index in [2.05, 4.69) is 9.97 Å². The average Bonchev–Trinajstić information content (AvgIpc) is 3.23. The third-order valence-electron chi connectivity index (χ3n) is 5.13. The number of nitrogens with zero attached hydrogens (tertiary/aromatic N) is 3. The number of hydrogen-bond donors (Lipinski definition) is 1. The number of nitrogens with one attached hydrogen (secondary N) is 1. The zero-order valence-electron chi connectivity index (χ0n) is 13.9. The van der Waals surface area contributed by atoms with E-state index in [-0.39, 0.29) is 35.0 Å². The Labute approximate surface area is 148 Å². The molecule has 1 N–H and O–H groups in total. The van der Waals surface area contributed by atoms with Gasteiger partial charge in [0.2, 0.25) is 5.56 Å². The molecule has 0 unspecified atom stereocenters. The Morgan fingerprint density at radius 2 is 1.77 bits per heavy atom. The second kappa shape index (κ2) is 6.36. The monoisotopic (exact) mass is 356 g/mol. The zero-order chi connectivity index (χ0) is 18.3. The van der Waals surface area contributed by atoms with Crippen LogP contribution in [0.4, 0.5) is 4.39 Å². The van der Waals surface area contributed by atoms with Crippen molar-refractivity contribution < 1.29 is 14.0 Å². The first-order valence-corrected chi connectivity index (χ1v) is 8.46. The SMILES string of the molecule is O=C(c1ccc(=O)[nH]c1)N1CC[C@H]2[C@@H]1CCN2C(=O)c1ccncc1F. The van der Waals surface area contributed by atoms with Gasteiger partial charge >= 0.3 is 0 Å². The average molecular weight is 356 g/mol. The molecule has 0 aliphatic carbocycles. The van der Waals surface area contributed by atoms with Crippen molar-refractivity contribution in [1.29, 1.82) is 0 Å². The lowest BCUT2D eigenvalue weighted by atomic mass is 10.1. The fourth-order valence-corrected chi connectivity index (χ4v) is 3.90. The van der Waals surface area contributed by atoms with E-state index in [4.69, 9.17) is 0 Å². The number of pyridine rings is 2. The number of carbonyl (C=O) groups is 2. The maximum absolute atomic E-state index is 13.9. The van der Waals surface area contributed by atoms with Crippen LogP contribution in [0.3, 0.4) is 0 Å². The molecule has 7 nitrogen and oxygen atoms in total. The van der Waals surface area contributed by atoms with Crippen molar-refractivity contribution >= 4 is 11.8 Å². The molecule has 0 saturated carbocycles. The Bertz CT molecular complexity index is 908. The molecule has 0 bridgehead atoms. The Balaban J connectivity index is 1.53. The Kier molecular flexibility index (Phi) is 4.02. The van der Waals surface area contributed by atoms with E-state index in [1.165, 1.54) is 30.6 Å². The van der Waals surface area contributed by atoms with E-state index in [0.717, 1.165) is 6.20 Å². The van der Waals surface area contributed by atoms with E-state index >= 15 is 0 Å². The quantitative estimate of drug-likeness (QED) is 0.871. The van der Waals surface area contributed by atoms with Gasteiger partial charge in [0.05, 0.1) is 29.4 Å². The molecule has 2 saturated heterocycles. The van der Waals surface area contributed by atoms with E-state index in [0.29, 0.717) is 31.5 Å². The minimum atomic E-state index is -0.639. The summed E-state index contributed by atoms with van der Waals surface area (Å²) in [6.45, 7) is 1.00. The van der Waals surface area contributed by atoms with Crippen molar-refractivity contribution in [1.82, 2.24) is 19.8 Å². The highest BCUT2D eigenvalue weighted by Gasteiger charge is 2.46. The van der Waals surface area contributed by atoms with Gasteiger partial charge in [0.1, 0.15) is 0 Å². The number of aromatic amines is 1. The molecular weight excluding hydrogens is 339 g/mol. The number of hydrogen-bond acceptors (Lipinski definition) is 4. The van der Waals surface area contributed by atoms with Gasteiger partial charge in [-0.1, -0.05) is 0 Å². The molecule has 2 atom stereocenters. The van der Waals surface area contributed by atoms with Crippen LogP contribution in [-0.2, 0) is 0 Å².